The molecule has 0 bridgehead atoms. The van der Waals surface area contributed by atoms with E-state index >= 15 is 0 Å². The molecule has 1 amide bonds. The molecule has 1 saturated carbocycles. The van der Waals surface area contributed by atoms with Gasteiger partial charge in [-0.1, -0.05) is 25.3 Å². The highest BCUT2D eigenvalue weighted by Crippen LogP contribution is 2.29. The van der Waals surface area contributed by atoms with Crippen LogP contribution in [0.1, 0.15) is 42.5 Å². The Morgan fingerprint density at radius 1 is 1.03 bits per heavy atom. The molecular formula is C22H24F2N2O3. The van der Waals surface area contributed by atoms with Crippen molar-refractivity contribution >= 4 is 17.6 Å². The number of benzene rings is 2. The quantitative estimate of drug-likeness (QED) is 0.584. The van der Waals surface area contributed by atoms with Crippen LogP contribution in [0, 0.1) is 17.6 Å². The number of esters is 1. The summed E-state index contributed by atoms with van der Waals surface area (Å²) in [6.07, 6.45) is 4.83. The lowest BCUT2D eigenvalue weighted by molar-refractivity contribution is -0.144. The molecule has 1 atom stereocenters. The maximum absolute atomic E-state index is 13.5. The van der Waals surface area contributed by atoms with Crippen molar-refractivity contribution in [3.05, 3.63) is 53.6 Å². The van der Waals surface area contributed by atoms with Crippen LogP contribution in [0.3, 0.4) is 0 Å². The monoisotopic (exact) mass is 402 g/mol. The highest BCUT2D eigenvalue weighted by Gasteiger charge is 2.32. The summed E-state index contributed by atoms with van der Waals surface area (Å²) in [5.74, 6) is -2.34. The number of methoxy groups -OCH3 is 1. The molecule has 0 spiro atoms. The molecule has 1 aliphatic carbocycles. The number of nitrogen functional groups attached to an aromatic ring is 1. The van der Waals surface area contributed by atoms with Crippen molar-refractivity contribution in [3.63, 3.8) is 0 Å². The van der Waals surface area contributed by atoms with E-state index in [-0.39, 0.29) is 17.2 Å². The molecule has 2 aromatic rings. The highest BCUT2D eigenvalue weighted by atomic mass is 19.1. The first kappa shape index (κ1) is 20.8. The van der Waals surface area contributed by atoms with Crippen LogP contribution in [0.4, 0.5) is 14.5 Å². The molecule has 5 nitrogen and oxygen atoms in total. The summed E-state index contributed by atoms with van der Waals surface area (Å²) < 4.78 is 31.8. The largest absolute Gasteiger partial charge is 0.467 e. The number of carbonyl (C=O) groups is 2. The first-order valence-corrected chi connectivity index (χ1v) is 9.63. The van der Waals surface area contributed by atoms with Crippen LogP contribution in [0.5, 0.6) is 0 Å². The summed E-state index contributed by atoms with van der Waals surface area (Å²) in [4.78, 5) is 25.0. The van der Waals surface area contributed by atoms with E-state index in [9.17, 15) is 18.4 Å². The summed E-state index contributed by atoms with van der Waals surface area (Å²) >= 11 is 0. The van der Waals surface area contributed by atoms with Crippen molar-refractivity contribution in [2.45, 2.75) is 38.1 Å². The minimum atomic E-state index is -0.732. The number of nitrogens with two attached hydrogens (primary N) is 1. The van der Waals surface area contributed by atoms with Crippen LogP contribution in [0.2, 0.25) is 0 Å². The minimum Gasteiger partial charge on any atom is -0.467 e. The minimum absolute atomic E-state index is 0.0240. The average Bonchev–Trinajstić information content (AvgIpc) is 2.71. The first-order valence-electron chi connectivity index (χ1n) is 9.63. The van der Waals surface area contributed by atoms with Gasteiger partial charge in [-0.3, -0.25) is 4.79 Å². The number of hydrogen-bond acceptors (Lipinski definition) is 4. The first-order chi connectivity index (χ1) is 13.9. The van der Waals surface area contributed by atoms with Crippen molar-refractivity contribution in [2.24, 2.45) is 5.92 Å². The topological polar surface area (TPSA) is 81.4 Å². The SMILES string of the molecule is COC(=O)[C@@H](NC(=O)c1ccc(-c2cc(F)cc(F)c2)cc1N)C1CCCCC1. The summed E-state index contributed by atoms with van der Waals surface area (Å²) in [7, 11) is 1.30. The summed E-state index contributed by atoms with van der Waals surface area (Å²) in [5.41, 5.74) is 7.17. The van der Waals surface area contributed by atoms with E-state index in [2.05, 4.69) is 5.32 Å². The van der Waals surface area contributed by atoms with E-state index < -0.39 is 29.6 Å². The Hall–Kier alpha value is -2.96. The van der Waals surface area contributed by atoms with Gasteiger partial charge in [0.05, 0.1) is 12.7 Å². The zero-order valence-electron chi connectivity index (χ0n) is 16.2. The Kier molecular flexibility index (Phi) is 6.46. The van der Waals surface area contributed by atoms with E-state index in [1.54, 1.807) is 6.07 Å². The predicted molar refractivity (Wildman–Crippen MR) is 106 cm³/mol. The normalized spacial score (nSPS) is 15.6. The number of carbonyl (C=O) groups excluding carboxylic acids is 2. The zero-order valence-corrected chi connectivity index (χ0v) is 16.2. The maximum atomic E-state index is 13.5. The van der Waals surface area contributed by atoms with Crippen LogP contribution in [0.25, 0.3) is 11.1 Å². The Labute approximate surface area is 168 Å². The molecule has 3 N–H and O–H groups in total. The van der Waals surface area contributed by atoms with Gasteiger partial charge >= 0.3 is 5.97 Å². The second-order valence-corrected chi connectivity index (χ2v) is 7.33. The molecule has 7 heteroatoms. The number of amides is 1. The molecule has 0 unspecified atom stereocenters. The van der Waals surface area contributed by atoms with Gasteiger partial charge in [0.15, 0.2) is 0 Å². The molecular weight excluding hydrogens is 378 g/mol. The lowest BCUT2D eigenvalue weighted by atomic mass is 9.83. The molecule has 0 radical (unpaired) electrons. The van der Waals surface area contributed by atoms with E-state index in [0.717, 1.165) is 38.2 Å². The molecule has 1 fully saturated rings. The number of rotatable bonds is 5. The molecule has 29 heavy (non-hydrogen) atoms. The molecule has 0 saturated heterocycles. The lowest BCUT2D eigenvalue weighted by Gasteiger charge is -2.29. The van der Waals surface area contributed by atoms with Crippen LogP contribution < -0.4 is 11.1 Å². The molecule has 154 valence electrons. The summed E-state index contributed by atoms with van der Waals surface area (Å²) in [6, 6.07) is 6.96. The molecule has 3 rings (SSSR count). The van der Waals surface area contributed by atoms with E-state index in [1.807, 2.05) is 0 Å². The number of hydrogen-bond donors (Lipinski definition) is 2. The second-order valence-electron chi connectivity index (χ2n) is 7.33. The Balaban J connectivity index is 1.81. The van der Waals surface area contributed by atoms with E-state index in [4.69, 9.17) is 10.5 Å². The molecule has 2 aromatic carbocycles. The van der Waals surface area contributed by atoms with Crippen LogP contribution in [0.15, 0.2) is 36.4 Å². The Morgan fingerprint density at radius 3 is 2.28 bits per heavy atom. The average molecular weight is 402 g/mol. The van der Waals surface area contributed by atoms with Gasteiger partial charge in [-0.2, -0.15) is 0 Å². The third-order valence-electron chi connectivity index (χ3n) is 5.36. The molecule has 0 aromatic heterocycles. The van der Waals surface area contributed by atoms with Crippen LogP contribution >= 0.6 is 0 Å². The number of ether oxygens (including phenoxy) is 1. The number of nitrogens with one attached hydrogen (secondary N) is 1. The van der Waals surface area contributed by atoms with Crippen molar-refractivity contribution < 1.29 is 23.1 Å². The van der Waals surface area contributed by atoms with Gasteiger partial charge in [-0.25, -0.2) is 13.6 Å². The Morgan fingerprint density at radius 2 is 1.69 bits per heavy atom. The molecule has 1 aliphatic rings. The standard InChI is InChI=1S/C22H24F2N2O3/c1-29-22(28)20(13-5-3-2-4-6-13)26-21(27)18-8-7-14(11-19(18)25)15-9-16(23)12-17(24)10-15/h7-13,20H,2-6,25H2,1H3,(H,26,27)/t20-/m0/s1. The number of halogens is 2. The van der Waals surface area contributed by atoms with Crippen LogP contribution in [-0.4, -0.2) is 25.0 Å². The molecule has 0 heterocycles. The zero-order chi connectivity index (χ0) is 21.0. The van der Waals surface area contributed by atoms with Crippen molar-refractivity contribution in [3.8, 4) is 11.1 Å². The van der Waals surface area contributed by atoms with E-state index in [0.29, 0.717) is 11.1 Å². The maximum Gasteiger partial charge on any atom is 0.328 e. The van der Waals surface area contributed by atoms with Crippen molar-refractivity contribution in [2.75, 3.05) is 12.8 Å². The fourth-order valence-corrected chi connectivity index (χ4v) is 3.85. The Bertz CT molecular complexity index is 891. The fraction of sp³-hybridized carbons (Fsp3) is 0.364. The number of anilines is 1. The second kappa shape index (κ2) is 9.03. The van der Waals surface area contributed by atoms with Gasteiger partial charge in [0.2, 0.25) is 0 Å². The van der Waals surface area contributed by atoms with E-state index in [1.165, 1.54) is 31.4 Å². The third kappa shape index (κ3) is 4.91. The lowest BCUT2D eigenvalue weighted by Crippen LogP contribution is -2.47. The highest BCUT2D eigenvalue weighted by molar-refractivity contribution is 6.01. The van der Waals surface area contributed by atoms with Gasteiger partial charge in [0.1, 0.15) is 17.7 Å². The molecule has 0 aliphatic heterocycles. The van der Waals surface area contributed by atoms with Gasteiger partial charge in [0.25, 0.3) is 5.91 Å². The fourth-order valence-electron chi connectivity index (χ4n) is 3.85. The van der Waals surface area contributed by atoms with Crippen LogP contribution in [-0.2, 0) is 9.53 Å². The van der Waals surface area contributed by atoms with Gasteiger partial charge in [0, 0.05) is 11.8 Å². The van der Waals surface area contributed by atoms with Crippen molar-refractivity contribution in [1.29, 1.82) is 0 Å². The smallest absolute Gasteiger partial charge is 0.328 e. The summed E-state index contributed by atoms with van der Waals surface area (Å²) in [6.45, 7) is 0. The van der Waals surface area contributed by atoms with Gasteiger partial charge < -0.3 is 15.8 Å². The predicted octanol–water partition coefficient (Wildman–Crippen LogP) is 4.07. The van der Waals surface area contributed by atoms with Gasteiger partial charge in [-0.15, -0.1) is 0 Å². The van der Waals surface area contributed by atoms with Gasteiger partial charge in [-0.05, 0) is 54.2 Å². The summed E-state index contributed by atoms with van der Waals surface area (Å²) in [5, 5.41) is 2.76. The third-order valence-corrected chi connectivity index (χ3v) is 5.36. The van der Waals surface area contributed by atoms with Crippen molar-refractivity contribution in [1.82, 2.24) is 5.32 Å².